The van der Waals surface area contributed by atoms with Gasteiger partial charge in [0, 0.05) is 30.8 Å². The third kappa shape index (κ3) is 29.1. The molecule has 1 saturated carbocycles. The van der Waals surface area contributed by atoms with E-state index in [-0.39, 0.29) is 36.8 Å². The van der Waals surface area contributed by atoms with E-state index >= 15 is 0 Å². The molecule has 1 aliphatic carbocycles. The molecule has 3 amide bonds. The minimum atomic E-state index is -0.675. The number of carbonyl (C=O) groups excluding carboxylic acids is 3. The fourth-order valence-corrected chi connectivity index (χ4v) is 3.73. The molecule has 2 aliphatic rings. The second-order valence-electron chi connectivity index (χ2n) is 12.2. The van der Waals surface area contributed by atoms with Gasteiger partial charge in [-0.2, -0.15) is 0 Å². The van der Waals surface area contributed by atoms with E-state index in [2.05, 4.69) is 42.5 Å². The van der Waals surface area contributed by atoms with Crippen molar-refractivity contribution in [1.29, 1.82) is 0 Å². The Balaban J connectivity index is 0. The van der Waals surface area contributed by atoms with E-state index in [1.807, 2.05) is 46.8 Å². The number of aryl methyl sites for hydroxylation is 1. The van der Waals surface area contributed by atoms with Gasteiger partial charge in [0.1, 0.15) is 0 Å². The first-order chi connectivity index (χ1) is 23.7. The summed E-state index contributed by atoms with van der Waals surface area (Å²) >= 11 is 0. The number of carboxylic acid groups (broad SMARTS) is 1. The van der Waals surface area contributed by atoms with Gasteiger partial charge in [-0.15, -0.1) is 0 Å². The third-order valence-corrected chi connectivity index (χ3v) is 7.13. The topological polar surface area (TPSA) is 180 Å². The number of anilines is 1. The summed E-state index contributed by atoms with van der Waals surface area (Å²) in [6, 6.07) is 4.63. The summed E-state index contributed by atoms with van der Waals surface area (Å²) in [5, 5.41) is 25.2. The van der Waals surface area contributed by atoms with Gasteiger partial charge in [0.05, 0.1) is 25.8 Å². The maximum atomic E-state index is 11.8. The van der Waals surface area contributed by atoms with Crippen molar-refractivity contribution in [1.82, 2.24) is 10.6 Å². The molecular formula is C39H66N4O7. The molecule has 0 bridgehead atoms. The molecule has 1 heterocycles. The van der Waals surface area contributed by atoms with Gasteiger partial charge in [0.2, 0.25) is 17.7 Å². The lowest BCUT2D eigenvalue weighted by molar-refractivity contribution is -0.137. The lowest BCUT2D eigenvalue weighted by Gasteiger charge is -2.15. The van der Waals surface area contributed by atoms with Crippen molar-refractivity contribution in [2.45, 2.75) is 125 Å². The number of rotatable bonds is 15. The van der Waals surface area contributed by atoms with E-state index in [9.17, 15) is 19.2 Å². The number of nitrogens with one attached hydrogen (secondary N) is 3. The third-order valence-electron chi connectivity index (χ3n) is 7.13. The number of carboxylic acids is 1. The number of aliphatic hydroxyl groups excluding tert-OH is 1. The van der Waals surface area contributed by atoms with Gasteiger partial charge < -0.3 is 36.6 Å². The fourth-order valence-electron chi connectivity index (χ4n) is 3.73. The molecule has 2 fully saturated rings. The van der Waals surface area contributed by atoms with Crippen molar-refractivity contribution >= 4 is 29.4 Å². The number of nitrogens with two attached hydrogens (primary N) is 1. The standard InChI is InChI=1S/C15H23N3O3.C7H14O2.C7H14O.C6H9NO.C4H6/c1-9(2)14(16)15(21)17-7-13(20)18-12-5-4-11(8-19)6-10(12)3;1-2-3-4-5-6-7(8)9;1-3-5-6-7-8-4-2;1-2-5-3-4-6(8)7-5;1-4-2-3-4/h4-6,9,14,19H,7-8,16H2,1-3H3,(H,17,21)(H,18,20);2-6H2,1H3,(H,8,9);5-6H,3-4,7H2,1-2H3;2H,3-4H2,1H3,(H,7,8);1-3H2/b;;6-5-;5-2-;. The summed E-state index contributed by atoms with van der Waals surface area (Å²) in [7, 11) is 0. The number of hydrogen-bond donors (Lipinski definition) is 6. The van der Waals surface area contributed by atoms with Gasteiger partial charge in [-0.3, -0.25) is 19.2 Å². The summed E-state index contributed by atoms with van der Waals surface area (Å²) in [5.41, 5.74) is 10.4. The summed E-state index contributed by atoms with van der Waals surface area (Å²) in [6.45, 7) is 18.8. The highest BCUT2D eigenvalue weighted by molar-refractivity contribution is 5.95. The lowest BCUT2D eigenvalue weighted by atomic mass is 10.1. The van der Waals surface area contributed by atoms with Gasteiger partial charge in [-0.25, -0.2) is 0 Å². The van der Waals surface area contributed by atoms with Crippen LogP contribution in [0.15, 0.2) is 54.3 Å². The van der Waals surface area contributed by atoms with Crippen LogP contribution in [0.4, 0.5) is 5.69 Å². The Hall–Kier alpha value is -3.80. The van der Waals surface area contributed by atoms with Crippen molar-refractivity contribution in [2.24, 2.45) is 11.7 Å². The van der Waals surface area contributed by atoms with Crippen molar-refractivity contribution in [3.05, 3.63) is 65.4 Å². The summed E-state index contributed by atoms with van der Waals surface area (Å²) in [6.07, 6.45) is 15.9. The number of hydrogen-bond acceptors (Lipinski definition) is 7. The average Bonchev–Trinajstić information content (AvgIpc) is 3.76. The molecule has 1 aromatic rings. The molecule has 11 heteroatoms. The van der Waals surface area contributed by atoms with Crippen LogP contribution < -0.4 is 21.7 Å². The van der Waals surface area contributed by atoms with E-state index < -0.39 is 12.0 Å². The van der Waals surface area contributed by atoms with Gasteiger partial charge >= 0.3 is 5.97 Å². The largest absolute Gasteiger partial charge is 0.481 e. The molecule has 11 nitrogen and oxygen atoms in total. The Morgan fingerprint density at radius 1 is 1.06 bits per heavy atom. The molecule has 1 saturated heterocycles. The van der Waals surface area contributed by atoms with Crippen LogP contribution in [0, 0.1) is 12.8 Å². The maximum absolute atomic E-state index is 11.8. The van der Waals surface area contributed by atoms with Crippen molar-refractivity contribution in [2.75, 3.05) is 25.1 Å². The molecule has 3 rings (SSSR count). The van der Waals surface area contributed by atoms with Gasteiger partial charge in [0.15, 0.2) is 0 Å². The number of ether oxygens (including phenoxy) is 1. The normalized spacial score (nSPS) is 14.1. The van der Waals surface area contributed by atoms with Crippen LogP contribution in [0.2, 0.25) is 0 Å². The number of amides is 3. The highest BCUT2D eigenvalue weighted by Gasteiger charge is 2.17. The van der Waals surface area contributed by atoms with Gasteiger partial charge in [-0.1, -0.05) is 89.5 Å². The highest BCUT2D eigenvalue weighted by Crippen LogP contribution is 2.23. The zero-order valence-corrected chi connectivity index (χ0v) is 31.7. The highest BCUT2D eigenvalue weighted by atomic mass is 16.5. The second-order valence-corrected chi connectivity index (χ2v) is 12.2. The molecular weight excluding hydrogens is 636 g/mol. The van der Waals surface area contributed by atoms with Crippen LogP contribution in [-0.4, -0.2) is 59.7 Å². The predicted molar refractivity (Wildman–Crippen MR) is 203 cm³/mol. The SMILES string of the molecule is C/C=C1/CCC(=O)N1.C=C1CC1.CC/C=C\COCC.CCCCCCC(=O)O.Cc1cc(CO)ccc1NC(=O)CNC(=O)C(N)C(C)C. The average molecular weight is 703 g/mol. The van der Waals surface area contributed by atoms with E-state index in [1.165, 1.54) is 24.8 Å². The summed E-state index contributed by atoms with van der Waals surface area (Å²) in [4.78, 5) is 43.9. The number of aliphatic carboxylic acids is 1. The first kappa shape index (κ1) is 48.3. The Labute approximate surface area is 301 Å². The van der Waals surface area contributed by atoms with Crippen LogP contribution >= 0.6 is 0 Å². The quantitative estimate of drug-likeness (QED) is 0.0864. The number of aliphatic hydroxyl groups is 1. The number of unbranched alkanes of at least 4 members (excludes halogenated alkanes) is 3. The summed E-state index contributed by atoms with van der Waals surface area (Å²) < 4.78 is 5.05. The smallest absolute Gasteiger partial charge is 0.303 e. The second kappa shape index (κ2) is 31.2. The Morgan fingerprint density at radius 3 is 2.14 bits per heavy atom. The zero-order chi connectivity index (χ0) is 38.3. The molecule has 0 aromatic heterocycles. The zero-order valence-electron chi connectivity index (χ0n) is 31.7. The lowest BCUT2D eigenvalue weighted by Crippen LogP contribution is -2.46. The molecule has 1 atom stereocenters. The molecule has 7 N–H and O–H groups in total. The number of benzene rings is 1. The number of carbonyl (C=O) groups is 4. The minimum absolute atomic E-state index is 0.0151. The van der Waals surface area contributed by atoms with Crippen molar-refractivity contribution < 1.29 is 34.1 Å². The molecule has 1 aromatic carbocycles. The Kier molecular flexibility index (Phi) is 30.1. The van der Waals surface area contributed by atoms with E-state index in [0.29, 0.717) is 18.5 Å². The molecule has 1 unspecified atom stereocenters. The molecule has 0 radical (unpaired) electrons. The molecule has 50 heavy (non-hydrogen) atoms. The molecule has 1 aliphatic heterocycles. The van der Waals surface area contributed by atoms with Gasteiger partial charge in [0.25, 0.3) is 0 Å². The van der Waals surface area contributed by atoms with Crippen molar-refractivity contribution in [3.63, 3.8) is 0 Å². The monoisotopic (exact) mass is 702 g/mol. The van der Waals surface area contributed by atoms with Gasteiger partial charge in [-0.05, 0) is 76.0 Å². The predicted octanol–water partition coefficient (Wildman–Crippen LogP) is 6.69. The summed E-state index contributed by atoms with van der Waals surface area (Å²) in [5.74, 6) is -1.17. The Morgan fingerprint density at radius 2 is 1.72 bits per heavy atom. The Bertz CT molecular complexity index is 1190. The van der Waals surface area contributed by atoms with Crippen LogP contribution in [0.5, 0.6) is 0 Å². The van der Waals surface area contributed by atoms with E-state index in [0.717, 1.165) is 62.1 Å². The first-order valence-corrected chi connectivity index (χ1v) is 17.9. The van der Waals surface area contributed by atoms with Crippen molar-refractivity contribution in [3.8, 4) is 0 Å². The van der Waals surface area contributed by atoms with Crippen LogP contribution in [0.3, 0.4) is 0 Å². The fraction of sp³-hybridized carbons (Fsp3) is 0.590. The molecule has 284 valence electrons. The minimum Gasteiger partial charge on any atom is -0.481 e. The maximum Gasteiger partial charge on any atom is 0.303 e. The van der Waals surface area contributed by atoms with E-state index in [1.54, 1.807) is 18.2 Å². The van der Waals surface area contributed by atoms with Crippen LogP contribution in [0.25, 0.3) is 0 Å². The van der Waals surface area contributed by atoms with E-state index in [4.69, 9.17) is 20.7 Å². The number of allylic oxidation sites excluding steroid dienone is 4. The molecule has 0 spiro atoms. The van der Waals surface area contributed by atoms with Crippen LogP contribution in [0.1, 0.15) is 117 Å². The van der Waals surface area contributed by atoms with Crippen LogP contribution in [-0.2, 0) is 30.5 Å². The first-order valence-electron chi connectivity index (χ1n) is 17.9.